The van der Waals surface area contributed by atoms with E-state index < -0.39 is 0 Å². The lowest BCUT2D eigenvalue weighted by atomic mass is 10.2. The molecule has 4 aromatic rings. The van der Waals surface area contributed by atoms with Gasteiger partial charge in [0.05, 0.1) is 18.3 Å². The van der Waals surface area contributed by atoms with Gasteiger partial charge < -0.3 is 5.32 Å². The molecule has 1 aromatic carbocycles. The standard InChI is InChI=1S/C21H16ClN5OS/c22-16-3-5-17(6-4-16)29-21-18(2-1-10-24-21)20(28)26-19-9-13-25-27(19)14-15-7-11-23-12-8-15/h1-13H,14H2,(H,26,28). The Kier molecular flexibility index (Phi) is 5.88. The Balaban J connectivity index is 1.53. The molecule has 0 aliphatic rings. The van der Waals surface area contributed by atoms with Crippen molar-refractivity contribution in [3.05, 3.63) is 95.5 Å². The number of nitrogens with one attached hydrogen (secondary N) is 1. The fourth-order valence-corrected chi connectivity index (χ4v) is 3.67. The first-order valence-corrected chi connectivity index (χ1v) is 9.99. The van der Waals surface area contributed by atoms with Crippen molar-refractivity contribution in [1.82, 2.24) is 19.7 Å². The van der Waals surface area contributed by atoms with Crippen molar-refractivity contribution in [1.29, 1.82) is 0 Å². The summed E-state index contributed by atoms with van der Waals surface area (Å²) in [5.41, 5.74) is 1.53. The number of halogens is 1. The topological polar surface area (TPSA) is 72.7 Å². The number of anilines is 1. The molecule has 0 aliphatic carbocycles. The number of aromatic nitrogens is 4. The molecular weight excluding hydrogens is 406 g/mol. The summed E-state index contributed by atoms with van der Waals surface area (Å²) >= 11 is 7.36. The molecule has 0 unspecified atom stereocenters. The average Bonchev–Trinajstić information content (AvgIpc) is 3.17. The highest BCUT2D eigenvalue weighted by Crippen LogP contribution is 2.30. The molecule has 0 bridgehead atoms. The van der Waals surface area contributed by atoms with Crippen LogP contribution >= 0.6 is 23.4 Å². The number of hydrogen-bond donors (Lipinski definition) is 1. The molecule has 1 N–H and O–H groups in total. The van der Waals surface area contributed by atoms with Crippen LogP contribution < -0.4 is 5.32 Å². The van der Waals surface area contributed by atoms with E-state index in [1.54, 1.807) is 47.7 Å². The van der Waals surface area contributed by atoms with Crippen molar-refractivity contribution < 1.29 is 4.79 Å². The average molecular weight is 422 g/mol. The van der Waals surface area contributed by atoms with Gasteiger partial charge in [-0.05, 0) is 54.1 Å². The van der Waals surface area contributed by atoms with E-state index in [2.05, 4.69) is 20.4 Å². The molecule has 1 amide bonds. The highest BCUT2D eigenvalue weighted by molar-refractivity contribution is 7.99. The van der Waals surface area contributed by atoms with E-state index in [1.807, 2.05) is 36.4 Å². The molecule has 0 spiro atoms. The van der Waals surface area contributed by atoms with Crippen LogP contribution in [0.3, 0.4) is 0 Å². The smallest absolute Gasteiger partial charge is 0.259 e. The Bertz CT molecular complexity index is 1120. The molecule has 0 radical (unpaired) electrons. The van der Waals surface area contributed by atoms with Crippen LogP contribution in [0.4, 0.5) is 5.82 Å². The molecule has 3 heterocycles. The van der Waals surface area contributed by atoms with Gasteiger partial charge in [-0.25, -0.2) is 9.67 Å². The van der Waals surface area contributed by atoms with Crippen molar-refractivity contribution >= 4 is 35.1 Å². The molecule has 0 aliphatic heterocycles. The lowest BCUT2D eigenvalue weighted by molar-refractivity contribution is 0.102. The summed E-state index contributed by atoms with van der Waals surface area (Å²) < 4.78 is 1.73. The number of rotatable bonds is 6. The Hall–Kier alpha value is -3.16. The van der Waals surface area contributed by atoms with Gasteiger partial charge in [0.15, 0.2) is 0 Å². The minimum absolute atomic E-state index is 0.244. The molecule has 144 valence electrons. The van der Waals surface area contributed by atoms with Gasteiger partial charge in [0.1, 0.15) is 10.8 Å². The van der Waals surface area contributed by atoms with Gasteiger partial charge in [-0.1, -0.05) is 23.4 Å². The zero-order valence-corrected chi connectivity index (χ0v) is 16.8. The second-order valence-electron chi connectivity index (χ2n) is 6.10. The van der Waals surface area contributed by atoms with Crippen LogP contribution in [0, 0.1) is 0 Å². The number of benzene rings is 1. The zero-order chi connectivity index (χ0) is 20.1. The number of amides is 1. The zero-order valence-electron chi connectivity index (χ0n) is 15.2. The monoisotopic (exact) mass is 421 g/mol. The minimum atomic E-state index is -0.244. The van der Waals surface area contributed by atoms with E-state index in [0.717, 1.165) is 10.5 Å². The molecule has 0 saturated heterocycles. The third-order valence-electron chi connectivity index (χ3n) is 4.08. The fraction of sp³-hybridized carbons (Fsp3) is 0.0476. The Morgan fingerprint density at radius 2 is 1.79 bits per heavy atom. The van der Waals surface area contributed by atoms with E-state index in [9.17, 15) is 4.79 Å². The van der Waals surface area contributed by atoms with Crippen LogP contribution in [0.1, 0.15) is 15.9 Å². The maximum Gasteiger partial charge on any atom is 0.259 e. The maximum absolute atomic E-state index is 12.9. The lowest BCUT2D eigenvalue weighted by Gasteiger charge is -2.11. The summed E-state index contributed by atoms with van der Waals surface area (Å²) in [5.74, 6) is 0.365. The minimum Gasteiger partial charge on any atom is -0.307 e. The Labute approximate surface area is 177 Å². The Morgan fingerprint density at radius 3 is 2.59 bits per heavy atom. The molecular formula is C21H16ClN5OS. The number of pyridine rings is 2. The van der Waals surface area contributed by atoms with E-state index in [0.29, 0.717) is 28.0 Å². The van der Waals surface area contributed by atoms with E-state index in [-0.39, 0.29) is 5.91 Å². The molecule has 6 nitrogen and oxygen atoms in total. The third-order valence-corrected chi connectivity index (χ3v) is 5.36. The van der Waals surface area contributed by atoms with Gasteiger partial charge in [-0.2, -0.15) is 5.10 Å². The number of carbonyl (C=O) groups excluding carboxylic acids is 1. The molecule has 8 heteroatoms. The van der Waals surface area contributed by atoms with Crippen molar-refractivity contribution in [2.45, 2.75) is 16.5 Å². The van der Waals surface area contributed by atoms with Gasteiger partial charge in [-0.15, -0.1) is 0 Å². The SMILES string of the molecule is O=C(Nc1ccnn1Cc1ccncc1)c1cccnc1Sc1ccc(Cl)cc1. The number of hydrogen-bond acceptors (Lipinski definition) is 5. The van der Waals surface area contributed by atoms with E-state index in [4.69, 9.17) is 11.6 Å². The molecule has 3 aromatic heterocycles. The first kappa shape index (κ1) is 19.2. The molecule has 29 heavy (non-hydrogen) atoms. The van der Waals surface area contributed by atoms with Crippen LogP contribution in [-0.2, 0) is 6.54 Å². The predicted molar refractivity (Wildman–Crippen MR) is 113 cm³/mol. The second kappa shape index (κ2) is 8.89. The van der Waals surface area contributed by atoms with Gasteiger partial charge in [0, 0.05) is 34.6 Å². The molecule has 0 saturated carbocycles. The van der Waals surface area contributed by atoms with Crippen molar-refractivity contribution in [3.8, 4) is 0 Å². The van der Waals surface area contributed by atoms with Crippen LogP contribution in [0.15, 0.2) is 89.3 Å². The van der Waals surface area contributed by atoms with Crippen molar-refractivity contribution in [2.75, 3.05) is 5.32 Å². The predicted octanol–water partition coefficient (Wildman–Crippen LogP) is 4.78. The van der Waals surface area contributed by atoms with E-state index >= 15 is 0 Å². The summed E-state index contributed by atoms with van der Waals surface area (Å²) in [6, 6.07) is 16.5. The van der Waals surface area contributed by atoms with Gasteiger partial charge in [0.2, 0.25) is 0 Å². The van der Waals surface area contributed by atoms with Crippen molar-refractivity contribution in [2.24, 2.45) is 0 Å². The largest absolute Gasteiger partial charge is 0.307 e. The third kappa shape index (κ3) is 4.82. The summed E-state index contributed by atoms with van der Waals surface area (Å²) in [6.45, 7) is 0.532. The highest BCUT2D eigenvalue weighted by atomic mass is 35.5. The quantitative estimate of drug-likeness (QED) is 0.485. The van der Waals surface area contributed by atoms with Gasteiger partial charge in [-0.3, -0.25) is 9.78 Å². The number of nitrogens with zero attached hydrogens (tertiary/aromatic N) is 4. The van der Waals surface area contributed by atoms with Gasteiger partial charge >= 0.3 is 0 Å². The highest BCUT2D eigenvalue weighted by Gasteiger charge is 2.15. The molecule has 4 rings (SSSR count). The first-order chi connectivity index (χ1) is 14.2. The van der Waals surface area contributed by atoms with Crippen LogP contribution in [0.25, 0.3) is 0 Å². The molecule has 0 fully saturated rings. The molecule has 0 atom stereocenters. The van der Waals surface area contributed by atoms with Crippen LogP contribution in [-0.4, -0.2) is 25.7 Å². The summed E-state index contributed by atoms with van der Waals surface area (Å²) in [6.07, 6.45) is 6.78. The summed E-state index contributed by atoms with van der Waals surface area (Å²) in [5, 5.41) is 8.52. The lowest BCUT2D eigenvalue weighted by Crippen LogP contribution is -2.17. The number of carbonyl (C=O) groups is 1. The first-order valence-electron chi connectivity index (χ1n) is 8.79. The maximum atomic E-state index is 12.9. The van der Waals surface area contributed by atoms with Crippen LogP contribution in [0.5, 0.6) is 0 Å². The summed E-state index contributed by atoms with van der Waals surface area (Å²) in [4.78, 5) is 22.3. The van der Waals surface area contributed by atoms with Crippen LogP contribution in [0.2, 0.25) is 5.02 Å². The van der Waals surface area contributed by atoms with Crippen molar-refractivity contribution in [3.63, 3.8) is 0 Å². The summed E-state index contributed by atoms with van der Waals surface area (Å²) in [7, 11) is 0. The van der Waals surface area contributed by atoms with Gasteiger partial charge in [0.25, 0.3) is 5.91 Å². The fourth-order valence-electron chi connectivity index (χ4n) is 2.67. The second-order valence-corrected chi connectivity index (χ2v) is 7.59. The van der Waals surface area contributed by atoms with E-state index in [1.165, 1.54) is 11.8 Å². The Morgan fingerprint density at radius 1 is 1.00 bits per heavy atom. The normalized spacial score (nSPS) is 10.7.